The summed E-state index contributed by atoms with van der Waals surface area (Å²) in [5.74, 6) is 0.675. The van der Waals surface area contributed by atoms with Crippen LogP contribution in [0.3, 0.4) is 0 Å². The van der Waals surface area contributed by atoms with E-state index in [1.54, 1.807) is 24.3 Å². The minimum Gasteiger partial charge on any atom is -0.494 e. The van der Waals surface area contributed by atoms with Crippen LogP contribution in [0.1, 0.15) is 49.4 Å². The lowest BCUT2D eigenvalue weighted by atomic mass is 9.84. The molecule has 2 saturated heterocycles. The van der Waals surface area contributed by atoms with Gasteiger partial charge in [-0.2, -0.15) is 0 Å². The molecule has 3 rings (SSSR count). The van der Waals surface area contributed by atoms with Crippen molar-refractivity contribution in [3.8, 4) is 5.75 Å². The number of carbonyl (C=O) groups is 1. The van der Waals surface area contributed by atoms with Gasteiger partial charge >= 0.3 is 0 Å². The Morgan fingerprint density at radius 2 is 1.73 bits per heavy atom. The van der Waals surface area contributed by atoms with Crippen LogP contribution in [0.4, 0.5) is 0 Å². The van der Waals surface area contributed by atoms with Crippen molar-refractivity contribution in [3.63, 3.8) is 0 Å². The molecular formula is C17H22O4S. The zero-order valence-electron chi connectivity index (χ0n) is 12.8. The Balaban J connectivity index is 1.76. The van der Waals surface area contributed by atoms with Gasteiger partial charge in [0.1, 0.15) is 5.75 Å². The fourth-order valence-electron chi connectivity index (χ4n) is 3.74. The van der Waals surface area contributed by atoms with Crippen molar-refractivity contribution in [2.75, 3.05) is 6.61 Å². The fourth-order valence-corrected chi connectivity index (χ4v) is 6.28. The van der Waals surface area contributed by atoms with Gasteiger partial charge in [-0.3, -0.25) is 4.79 Å². The molecule has 120 valence electrons. The molecule has 0 radical (unpaired) electrons. The van der Waals surface area contributed by atoms with E-state index in [1.807, 2.05) is 6.92 Å². The van der Waals surface area contributed by atoms with Crippen LogP contribution in [0.2, 0.25) is 0 Å². The van der Waals surface area contributed by atoms with Crippen LogP contribution in [0.25, 0.3) is 0 Å². The first kappa shape index (κ1) is 15.5. The van der Waals surface area contributed by atoms with E-state index in [9.17, 15) is 13.2 Å². The first-order chi connectivity index (χ1) is 10.5. The summed E-state index contributed by atoms with van der Waals surface area (Å²) in [5.41, 5.74) is 0.658. The average molecular weight is 322 g/mol. The van der Waals surface area contributed by atoms with Crippen molar-refractivity contribution in [1.82, 2.24) is 0 Å². The van der Waals surface area contributed by atoms with E-state index < -0.39 is 9.84 Å². The Morgan fingerprint density at radius 1 is 1.14 bits per heavy atom. The highest BCUT2D eigenvalue weighted by Crippen LogP contribution is 2.40. The second-order valence-electron chi connectivity index (χ2n) is 6.25. The van der Waals surface area contributed by atoms with Crippen molar-refractivity contribution in [3.05, 3.63) is 29.8 Å². The molecule has 2 heterocycles. The molecule has 0 N–H and O–H groups in total. The summed E-state index contributed by atoms with van der Waals surface area (Å²) < 4.78 is 30.0. The Hall–Kier alpha value is -1.36. The summed E-state index contributed by atoms with van der Waals surface area (Å²) >= 11 is 0. The highest BCUT2D eigenvalue weighted by molar-refractivity contribution is 7.92. The molecule has 0 aromatic heterocycles. The van der Waals surface area contributed by atoms with E-state index in [4.69, 9.17) is 4.74 Å². The molecule has 2 unspecified atom stereocenters. The lowest BCUT2D eigenvalue weighted by molar-refractivity contribution is 0.0894. The molecule has 2 fully saturated rings. The number of ketones is 1. The molecule has 2 aliphatic rings. The van der Waals surface area contributed by atoms with Crippen molar-refractivity contribution in [2.45, 2.75) is 49.5 Å². The lowest BCUT2D eigenvalue weighted by Crippen LogP contribution is -2.45. The van der Waals surface area contributed by atoms with E-state index in [1.165, 1.54) is 0 Å². The van der Waals surface area contributed by atoms with Crippen LogP contribution in [0.15, 0.2) is 24.3 Å². The van der Waals surface area contributed by atoms with Gasteiger partial charge in [0, 0.05) is 11.5 Å². The summed E-state index contributed by atoms with van der Waals surface area (Å²) in [6.45, 7) is 2.51. The van der Waals surface area contributed by atoms with Gasteiger partial charge in [-0.25, -0.2) is 8.42 Å². The average Bonchev–Trinajstić information content (AvgIpc) is 2.46. The zero-order chi connectivity index (χ0) is 15.7. The summed E-state index contributed by atoms with van der Waals surface area (Å²) in [7, 11) is -3.00. The minimum atomic E-state index is -3.00. The smallest absolute Gasteiger partial charge is 0.166 e. The SMILES string of the molecule is CCOc1ccc(C(=O)C2CC3CCCC(C2)S3(=O)=O)cc1. The lowest BCUT2D eigenvalue weighted by Gasteiger charge is -2.38. The van der Waals surface area contributed by atoms with Crippen molar-refractivity contribution < 1.29 is 17.9 Å². The molecular weight excluding hydrogens is 300 g/mol. The third-order valence-electron chi connectivity index (χ3n) is 4.90. The first-order valence-corrected chi connectivity index (χ1v) is 9.63. The number of fused-ring (bicyclic) bond motifs is 2. The predicted octanol–water partition coefficient (Wildman–Crippen LogP) is 3.01. The van der Waals surface area contributed by atoms with Crippen LogP contribution >= 0.6 is 0 Å². The van der Waals surface area contributed by atoms with Crippen molar-refractivity contribution in [2.24, 2.45) is 5.92 Å². The summed E-state index contributed by atoms with van der Waals surface area (Å²) in [4.78, 5) is 12.7. The van der Waals surface area contributed by atoms with E-state index >= 15 is 0 Å². The number of ether oxygens (including phenoxy) is 1. The minimum absolute atomic E-state index is 0.0786. The first-order valence-electron chi connectivity index (χ1n) is 8.02. The third-order valence-corrected chi connectivity index (χ3v) is 7.61. The van der Waals surface area contributed by atoms with Gasteiger partial charge in [0.25, 0.3) is 0 Å². The zero-order valence-corrected chi connectivity index (χ0v) is 13.6. The summed E-state index contributed by atoms with van der Waals surface area (Å²) in [6.07, 6.45) is 3.38. The van der Waals surface area contributed by atoms with Gasteiger partial charge in [-0.15, -0.1) is 0 Å². The molecule has 4 nitrogen and oxygen atoms in total. The van der Waals surface area contributed by atoms with Gasteiger partial charge < -0.3 is 4.74 Å². The number of benzene rings is 1. The largest absolute Gasteiger partial charge is 0.494 e. The van der Waals surface area contributed by atoms with Crippen LogP contribution < -0.4 is 4.74 Å². The molecule has 1 aromatic carbocycles. The number of hydrogen-bond acceptors (Lipinski definition) is 4. The van der Waals surface area contributed by atoms with Crippen LogP contribution in [0.5, 0.6) is 5.75 Å². The number of carbonyl (C=O) groups excluding carboxylic acids is 1. The van der Waals surface area contributed by atoms with Gasteiger partial charge in [0.15, 0.2) is 15.6 Å². The maximum atomic E-state index is 12.7. The second kappa shape index (κ2) is 6.03. The molecule has 0 aliphatic carbocycles. The number of Topliss-reactive ketones (excluding diaryl/α,β-unsaturated/α-hetero) is 1. The number of hydrogen-bond donors (Lipinski definition) is 0. The van der Waals surface area contributed by atoms with Crippen LogP contribution in [-0.4, -0.2) is 31.3 Å². The standard InChI is InChI=1S/C17H22O4S/c1-2-21-14-8-6-12(7-9-14)17(18)13-10-15-4-3-5-16(11-13)22(15,19)20/h6-9,13,15-16H,2-5,10-11H2,1H3. The van der Waals surface area contributed by atoms with E-state index in [2.05, 4.69) is 0 Å². The molecule has 2 aliphatic heterocycles. The predicted molar refractivity (Wildman–Crippen MR) is 85.0 cm³/mol. The van der Waals surface area contributed by atoms with Gasteiger partial charge in [0.2, 0.25) is 0 Å². The highest BCUT2D eigenvalue weighted by atomic mass is 32.2. The van der Waals surface area contributed by atoms with Crippen molar-refractivity contribution >= 4 is 15.6 Å². The molecule has 2 atom stereocenters. The normalized spacial score (nSPS) is 29.8. The molecule has 0 spiro atoms. The Bertz CT molecular complexity index is 628. The topological polar surface area (TPSA) is 60.4 Å². The van der Waals surface area contributed by atoms with Crippen LogP contribution in [0, 0.1) is 5.92 Å². The highest BCUT2D eigenvalue weighted by Gasteiger charge is 2.45. The fraction of sp³-hybridized carbons (Fsp3) is 0.588. The van der Waals surface area contributed by atoms with Gasteiger partial charge in [-0.1, -0.05) is 6.42 Å². The molecule has 22 heavy (non-hydrogen) atoms. The molecule has 1 aromatic rings. The number of sulfone groups is 1. The van der Waals surface area contributed by atoms with Crippen molar-refractivity contribution in [1.29, 1.82) is 0 Å². The molecule has 5 heteroatoms. The second-order valence-corrected chi connectivity index (χ2v) is 8.77. The summed E-state index contributed by atoms with van der Waals surface area (Å²) in [6, 6.07) is 7.17. The van der Waals surface area contributed by atoms with E-state index in [0.29, 0.717) is 37.9 Å². The van der Waals surface area contributed by atoms with E-state index in [-0.39, 0.29) is 22.2 Å². The quantitative estimate of drug-likeness (QED) is 0.800. The molecule has 2 bridgehead atoms. The Labute approximate surface area is 131 Å². The number of rotatable bonds is 4. The molecule has 0 amide bonds. The molecule has 0 saturated carbocycles. The maximum Gasteiger partial charge on any atom is 0.166 e. The van der Waals surface area contributed by atoms with E-state index in [0.717, 1.165) is 12.2 Å². The van der Waals surface area contributed by atoms with Gasteiger partial charge in [-0.05, 0) is 56.9 Å². The Morgan fingerprint density at radius 3 is 2.27 bits per heavy atom. The van der Waals surface area contributed by atoms with Crippen LogP contribution in [-0.2, 0) is 9.84 Å². The maximum absolute atomic E-state index is 12.7. The summed E-state index contributed by atoms with van der Waals surface area (Å²) in [5, 5.41) is -0.617. The monoisotopic (exact) mass is 322 g/mol. The van der Waals surface area contributed by atoms with Gasteiger partial charge in [0.05, 0.1) is 17.1 Å². The third kappa shape index (κ3) is 2.78. The Kier molecular flexibility index (Phi) is 4.26.